The molecule has 2 N–H and O–H groups in total. The Morgan fingerprint density at radius 2 is 2.10 bits per heavy atom. The molecule has 0 fully saturated rings. The van der Waals surface area contributed by atoms with Gasteiger partial charge in [-0.25, -0.2) is 4.79 Å². The standard InChI is InChI=1S/C15H16N2O4/c1-20-15(19)12-6-5-11(16)10-13(12)21-9-8-17-7-3-2-4-14(17)18/h2-7,10H,8-9,16H2,1H3. The van der Waals surface area contributed by atoms with Crippen molar-refractivity contribution in [1.82, 2.24) is 4.57 Å². The summed E-state index contributed by atoms with van der Waals surface area (Å²) in [4.78, 5) is 23.2. The Kier molecular flexibility index (Phi) is 4.61. The number of nitrogens with zero attached hydrogens (tertiary/aromatic N) is 1. The SMILES string of the molecule is COC(=O)c1ccc(N)cc1OCCn1ccccc1=O. The van der Waals surface area contributed by atoms with Gasteiger partial charge < -0.3 is 19.8 Å². The number of aromatic nitrogens is 1. The Morgan fingerprint density at radius 3 is 2.81 bits per heavy atom. The summed E-state index contributed by atoms with van der Waals surface area (Å²) < 4.78 is 11.8. The second kappa shape index (κ2) is 6.60. The van der Waals surface area contributed by atoms with Gasteiger partial charge in [0.05, 0.1) is 13.7 Å². The van der Waals surface area contributed by atoms with Crippen LogP contribution in [0.15, 0.2) is 47.4 Å². The van der Waals surface area contributed by atoms with Gasteiger partial charge in [-0.3, -0.25) is 4.79 Å². The van der Waals surface area contributed by atoms with Crippen LogP contribution < -0.4 is 16.0 Å². The predicted octanol–water partition coefficient (Wildman–Crippen LogP) is 1.30. The van der Waals surface area contributed by atoms with Crippen LogP contribution in [0, 0.1) is 0 Å². The molecule has 0 bridgehead atoms. The summed E-state index contributed by atoms with van der Waals surface area (Å²) >= 11 is 0. The molecule has 0 saturated carbocycles. The van der Waals surface area contributed by atoms with Crippen LogP contribution in [0.4, 0.5) is 5.69 Å². The van der Waals surface area contributed by atoms with E-state index in [9.17, 15) is 9.59 Å². The molecule has 110 valence electrons. The molecule has 0 amide bonds. The van der Waals surface area contributed by atoms with Crippen LogP contribution in [-0.2, 0) is 11.3 Å². The number of benzene rings is 1. The van der Waals surface area contributed by atoms with Gasteiger partial charge in [0.25, 0.3) is 5.56 Å². The van der Waals surface area contributed by atoms with E-state index in [0.29, 0.717) is 23.5 Å². The lowest BCUT2D eigenvalue weighted by Gasteiger charge is -2.11. The summed E-state index contributed by atoms with van der Waals surface area (Å²) in [5.74, 6) is -0.160. The first-order valence-electron chi connectivity index (χ1n) is 6.38. The van der Waals surface area contributed by atoms with E-state index < -0.39 is 5.97 Å². The minimum Gasteiger partial charge on any atom is -0.491 e. The quantitative estimate of drug-likeness (QED) is 0.662. The maximum absolute atomic E-state index is 11.6. The summed E-state index contributed by atoms with van der Waals surface area (Å²) in [5, 5.41) is 0. The van der Waals surface area contributed by atoms with Crippen LogP contribution in [0.5, 0.6) is 5.75 Å². The smallest absolute Gasteiger partial charge is 0.341 e. The fourth-order valence-corrected chi connectivity index (χ4v) is 1.84. The predicted molar refractivity (Wildman–Crippen MR) is 78.4 cm³/mol. The van der Waals surface area contributed by atoms with E-state index in [1.165, 1.54) is 17.7 Å². The molecule has 0 saturated heterocycles. The van der Waals surface area contributed by atoms with Crippen molar-refractivity contribution in [2.24, 2.45) is 0 Å². The van der Waals surface area contributed by atoms with Crippen LogP contribution >= 0.6 is 0 Å². The highest BCUT2D eigenvalue weighted by atomic mass is 16.5. The van der Waals surface area contributed by atoms with E-state index in [4.69, 9.17) is 10.5 Å². The topological polar surface area (TPSA) is 83.5 Å². The number of esters is 1. The van der Waals surface area contributed by atoms with Crippen molar-refractivity contribution in [3.8, 4) is 5.75 Å². The molecular formula is C15H16N2O4. The van der Waals surface area contributed by atoms with Gasteiger partial charge in [0, 0.05) is 24.0 Å². The monoisotopic (exact) mass is 288 g/mol. The molecule has 0 atom stereocenters. The number of carbonyl (C=O) groups is 1. The van der Waals surface area contributed by atoms with Crippen molar-refractivity contribution in [2.75, 3.05) is 19.5 Å². The Hall–Kier alpha value is -2.76. The molecule has 0 aliphatic heterocycles. The Bertz CT molecular complexity index is 694. The third-order valence-electron chi connectivity index (χ3n) is 2.90. The molecule has 1 aromatic carbocycles. The molecule has 6 heteroatoms. The summed E-state index contributed by atoms with van der Waals surface area (Å²) in [6.07, 6.45) is 1.67. The van der Waals surface area contributed by atoms with Gasteiger partial charge >= 0.3 is 5.97 Å². The van der Waals surface area contributed by atoms with E-state index >= 15 is 0 Å². The minimum atomic E-state index is -0.498. The highest BCUT2D eigenvalue weighted by molar-refractivity contribution is 5.93. The number of methoxy groups -OCH3 is 1. The van der Waals surface area contributed by atoms with Crippen molar-refractivity contribution in [1.29, 1.82) is 0 Å². The molecule has 0 radical (unpaired) electrons. The van der Waals surface area contributed by atoms with Gasteiger partial charge in [0.2, 0.25) is 0 Å². The third-order valence-corrected chi connectivity index (χ3v) is 2.90. The van der Waals surface area contributed by atoms with Gasteiger partial charge in [0.15, 0.2) is 0 Å². The molecule has 1 aromatic heterocycles. The van der Waals surface area contributed by atoms with Gasteiger partial charge in [-0.05, 0) is 18.2 Å². The zero-order valence-corrected chi connectivity index (χ0v) is 11.6. The van der Waals surface area contributed by atoms with Crippen molar-refractivity contribution in [3.63, 3.8) is 0 Å². The van der Waals surface area contributed by atoms with Gasteiger partial charge in [-0.15, -0.1) is 0 Å². The van der Waals surface area contributed by atoms with Gasteiger partial charge in [-0.2, -0.15) is 0 Å². The highest BCUT2D eigenvalue weighted by Crippen LogP contribution is 2.22. The van der Waals surface area contributed by atoms with Crippen LogP contribution in [0.25, 0.3) is 0 Å². The lowest BCUT2D eigenvalue weighted by molar-refractivity contribution is 0.0596. The first kappa shape index (κ1) is 14.6. The fraction of sp³-hybridized carbons (Fsp3) is 0.200. The zero-order chi connectivity index (χ0) is 15.2. The highest BCUT2D eigenvalue weighted by Gasteiger charge is 2.13. The number of ether oxygens (including phenoxy) is 2. The molecular weight excluding hydrogens is 272 g/mol. The number of hydrogen-bond acceptors (Lipinski definition) is 5. The number of hydrogen-bond donors (Lipinski definition) is 1. The van der Waals surface area contributed by atoms with Crippen molar-refractivity contribution in [3.05, 3.63) is 58.5 Å². The third kappa shape index (κ3) is 3.62. The molecule has 0 aliphatic carbocycles. The maximum atomic E-state index is 11.6. The molecule has 6 nitrogen and oxygen atoms in total. The number of anilines is 1. The van der Waals surface area contributed by atoms with Crippen LogP contribution in [0.3, 0.4) is 0 Å². The number of carbonyl (C=O) groups excluding carboxylic acids is 1. The van der Waals surface area contributed by atoms with Gasteiger partial charge in [0.1, 0.15) is 17.9 Å². The lowest BCUT2D eigenvalue weighted by Crippen LogP contribution is -2.21. The van der Waals surface area contributed by atoms with Crippen molar-refractivity contribution < 1.29 is 14.3 Å². The molecule has 2 rings (SSSR count). The van der Waals surface area contributed by atoms with Crippen LogP contribution in [0.2, 0.25) is 0 Å². The second-order valence-corrected chi connectivity index (χ2v) is 4.33. The van der Waals surface area contributed by atoms with Crippen LogP contribution in [-0.4, -0.2) is 24.3 Å². The number of nitrogen functional groups attached to an aromatic ring is 1. The summed E-state index contributed by atoms with van der Waals surface area (Å²) in [6, 6.07) is 9.61. The minimum absolute atomic E-state index is 0.109. The number of rotatable bonds is 5. The molecule has 0 unspecified atom stereocenters. The normalized spacial score (nSPS) is 10.1. The first-order valence-corrected chi connectivity index (χ1v) is 6.38. The molecule has 0 aliphatic rings. The molecule has 0 spiro atoms. The Labute approximate surface area is 121 Å². The van der Waals surface area contributed by atoms with Crippen molar-refractivity contribution in [2.45, 2.75) is 6.54 Å². The zero-order valence-electron chi connectivity index (χ0n) is 11.6. The van der Waals surface area contributed by atoms with E-state index in [0.717, 1.165) is 0 Å². The average molecular weight is 288 g/mol. The summed E-state index contributed by atoms with van der Waals surface area (Å²) in [6.45, 7) is 0.604. The van der Waals surface area contributed by atoms with Gasteiger partial charge in [-0.1, -0.05) is 6.07 Å². The largest absolute Gasteiger partial charge is 0.491 e. The van der Waals surface area contributed by atoms with E-state index in [2.05, 4.69) is 4.74 Å². The van der Waals surface area contributed by atoms with Crippen molar-refractivity contribution >= 4 is 11.7 Å². The molecule has 2 aromatic rings. The lowest BCUT2D eigenvalue weighted by atomic mass is 10.2. The molecule has 21 heavy (non-hydrogen) atoms. The second-order valence-electron chi connectivity index (χ2n) is 4.33. The number of nitrogens with two attached hydrogens (primary N) is 1. The first-order chi connectivity index (χ1) is 10.1. The van der Waals surface area contributed by atoms with E-state index in [-0.39, 0.29) is 12.2 Å². The van der Waals surface area contributed by atoms with E-state index in [1.807, 2.05) is 0 Å². The molecule has 1 heterocycles. The fourth-order valence-electron chi connectivity index (χ4n) is 1.84. The number of pyridine rings is 1. The summed E-state index contributed by atoms with van der Waals surface area (Å²) in [7, 11) is 1.30. The van der Waals surface area contributed by atoms with Crippen LogP contribution in [0.1, 0.15) is 10.4 Å². The Morgan fingerprint density at radius 1 is 1.29 bits per heavy atom. The maximum Gasteiger partial charge on any atom is 0.341 e. The Balaban J connectivity index is 2.09. The van der Waals surface area contributed by atoms with E-state index in [1.54, 1.807) is 36.5 Å². The summed E-state index contributed by atoms with van der Waals surface area (Å²) in [5.41, 5.74) is 6.36. The average Bonchev–Trinajstić information content (AvgIpc) is 2.48.